The Kier molecular flexibility index (Phi) is 4.99. The van der Waals surface area contributed by atoms with Crippen LogP contribution in [-0.4, -0.2) is 10.7 Å². The summed E-state index contributed by atoms with van der Waals surface area (Å²) < 4.78 is 14.0. The fourth-order valence-corrected chi connectivity index (χ4v) is 3.64. The molecule has 118 valence electrons. The van der Waals surface area contributed by atoms with Gasteiger partial charge in [0.15, 0.2) is 0 Å². The molecule has 3 heteroatoms. The van der Waals surface area contributed by atoms with Crippen LogP contribution < -0.4 is 0 Å². The highest BCUT2D eigenvalue weighted by molar-refractivity contribution is 6.30. The zero-order valence-corrected chi connectivity index (χ0v) is 14.0. The van der Waals surface area contributed by atoms with Crippen molar-refractivity contribution >= 4 is 11.6 Å². The number of hydrogen-bond acceptors (Lipinski definition) is 1. The van der Waals surface area contributed by atoms with Gasteiger partial charge >= 0.3 is 0 Å². The monoisotopic (exact) mass is 312 g/mol. The Labute approximate surface area is 132 Å². The van der Waals surface area contributed by atoms with Gasteiger partial charge in [-0.2, -0.15) is 0 Å². The van der Waals surface area contributed by atoms with Crippen LogP contribution in [0.1, 0.15) is 58.4 Å². The number of hydrogen-bond donors (Lipinski definition) is 1. The van der Waals surface area contributed by atoms with Crippen LogP contribution in [0.4, 0.5) is 4.39 Å². The summed E-state index contributed by atoms with van der Waals surface area (Å²) in [6, 6.07) is 5.02. The molecule has 1 aromatic carbocycles. The van der Waals surface area contributed by atoms with E-state index >= 15 is 0 Å². The molecule has 1 aromatic rings. The van der Waals surface area contributed by atoms with Gasteiger partial charge in [-0.3, -0.25) is 0 Å². The summed E-state index contributed by atoms with van der Waals surface area (Å²) in [5, 5.41) is 10.9. The minimum atomic E-state index is -0.786. The van der Waals surface area contributed by atoms with E-state index in [4.69, 9.17) is 11.6 Å². The third kappa shape index (κ3) is 3.78. The molecule has 0 bridgehead atoms. The standard InChI is InChI=1S/C18H26ClFO/c1-4-17(2,3)14-8-10-18(21,11-9-14)12-13-6-5-7-15(19)16(13)20/h5-7,14,21H,4,8-12H2,1-3H3. The Morgan fingerprint density at radius 2 is 1.95 bits per heavy atom. The van der Waals surface area contributed by atoms with E-state index in [9.17, 15) is 9.50 Å². The smallest absolute Gasteiger partial charge is 0.145 e. The SMILES string of the molecule is CCC(C)(C)C1CCC(O)(Cc2cccc(Cl)c2F)CC1. The summed E-state index contributed by atoms with van der Waals surface area (Å²) in [6.07, 6.45) is 5.02. The average molecular weight is 313 g/mol. The van der Waals surface area contributed by atoms with Gasteiger partial charge in [0, 0.05) is 6.42 Å². The Hall–Kier alpha value is -0.600. The Morgan fingerprint density at radius 1 is 1.33 bits per heavy atom. The molecule has 0 atom stereocenters. The normalized spacial score (nSPS) is 26.9. The first-order valence-corrected chi connectivity index (χ1v) is 8.30. The Morgan fingerprint density at radius 3 is 2.52 bits per heavy atom. The van der Waals surface area contributed by atoms with Crippen LogP contribution in [0.2, 0.25) is 5.02 Å². The lowest BCUT2D eigenvalue weighted by Gasteiger charge is -2.42. The van der Waals surface area contributed by atoms with Crippen LogP contribution in [-0.2, 0) is 6.42 Å². The highest BCUT2D eigenvalue weighted by Crippen LogP contribution is 2.44. The van der Waals surface area contributed by atoms with Gasteiger partial charge < -0.3 is 5.11 Å². The molecule has 1 N–H and O–H groups in total. The molecule has 0 aromatic heterocycles. The molecule has 0 saturated heterocycles. The lowest BCUT2D eigenvalue weighted by molar-refractivity contribution is -0.0281. The quantitative estimate of drug-likeness (QED) is 0.791. The second-order valence-corrected chi connectivity index (χ2v) is 7.64. The maximum atomic E-state index is 14.0. The second kappa shape index (κ2) is 6.26. The summed E-state index contributed by atoms with van der Waals surface area (Å²) >= 11 is 5.82. The average Bonchev–Trinajstić information content (AvgIpc) is 2.44. The molecule has 0 amide bonds. The second-order valence-electron chi connectivity index (χ2n) is 7.23. The van der Waals surface area contributed by atoms with E-state index in [1.807, 2.05) is 0 Å². The lowest BCUT2D eigenvalue weighted by Crippen LogP contribution is -2.39. The molecule has 0 unspecified atom stereocenters. The molecule has 1 aliphatic rings. The third-order valence-electron chi connectivity index (χ3n) is 5.48. The first kappa shape index (κ1) is 16.8. The van der Waals surface area contributed by atoms with Gasteiger partial charge in [-0.25, -0.2) is 4.39 Å². The van der Waals surface area contributed by atoms with Crippen LogP contribution >= 0.6 is 11.6 Å². The fraction of sp³-hybridized carbons (Fsp3) is 0.667. The highest BCUT2D eigenvalue weighted by atomic mass is 35.5. The van der Waals surface area contributed by atoms with Crippen molar-refractivity contribution in [1.29, 1.82) is 0 Å². The van der Waals surface area contributed by atoms with Gasteiger partial charge in [0.1, 0.15) is 5.82 Å². The first-order valence-electron chi connectivity index (χ1n) is 7.93. The van der Waals surface area contributed by atoms with Gasteiger partial charge in [-0.1, -0.05) is 50.9 Å². The third-order valence-corrected chi connectivity index (χ3v) is 5.78. The van der Waals surface area contributed by atoms with Gasteiger partial charge in [-0.15, -0.1) is 0 Å². The molecule has 0 spiro atoms. The first-order chi connectivity index (χ1) is 9.77. The summed E-state index contributed by atoms with van der Waals surface area (Å²) in [4.78, 5) is 0. The number of benzene rings is 1. The largest absolute Gasteiger partial charge is 0.390 e. The topological polar surface area (TPSA) is 20.2 Å². The van der Waals surface area contributed by atoms with Crippen molar-refractivity contribution in [1.82, 2.24) is 0 Å². The van der Waals surface area contributed by atoms with E-state index < -0.39 is 5.60 Å². The van der Waals surface area contributed by atoms with Gasteiger partial charge in [0.25, 0.3) is 0 Å². The van der Waals surface area contributed by atoms with Crippen LogP contribution in [0.25, 0.3) is 0 Å². The number of halogens is 2. The van der Waals surface area contributed by atoms with Crippen LogP contribution in [0.3, 0.4) is 0 Å². The maximum Gasteiger partial charge on any atom is 0.145 e. The Bertz CT molecular complexity index is 490. The van der Waals surface area contributed by atoms with Crippen molar-refractivity contribution in [3.05, 3.63) is 34.6 Å². The van der Waals surface area contributed by atoms with Crippen molar-refractivity contribution in [2.45, 2.75) is 64.9 Å². The summed E-state index contributed by atoms with van der Waals surface area (Å²) in [7, 11) is 0. The predicted molar refractivity (Wildman–Crippen MR) is 86.1 cm³/mol. The maximum absolute atomic E-state index is 14.0. The molecule has 1 nitrogen and oxygen atoms in total. The molecule has 0 radical (unpaired) electrons. The van der Waals surface area contributed by atoms with Gasteiger partial charge in [0.2, 0.25) is 0 Å². The van der Waals surface area contributed by atoms with Crippen LogP contribution in [0, 0.1) is 17.2 Å². The predicted octanol–water partition coefficient (Wildman–Crippen LogP) is 5.38. The van der Waals surface area contributed by atoms with Crippen molar-refractivity contribution in [2.24, 2.45) is 11.3 Å². The van der Waals surface area contributed by atoms with E-state index in [-0.39, 0.29) is 10.8 Å². The molecule has 2 rings (SSSR count). The highest BCUT2D eigenvalue weighted by Gasteiger charge is 2.38. The van der Waals surface area contributed by atoms with Crippen molar-refractivity contribution in [3.63, 3.8) is 0 Å². The minimum Gasteiger partial charge on any atom is -0.390 e. The van der Waals surface area contributed by atoms with Crippen LogP contribution in [0.5, 0.6) is 0 Å². The van der Waals surface area contributed by atoms with E-state index in [2.05, 4.69) is 20.8 Å². The van der Waals surface area contributed by atoms with Crippen molar-refractivity contribution in [2.75, 3.05) is 0 Å². The van der Waals surface area contributed by atoms with E-state index in [0.29, 0.717) is 23.3 Å². The minimum absolute atomic E-state index is 0.136. The molecule has 1 fully saturated rings. The fourth-order valence-electron chi connectivity index (χ4n) is 3.44. The van der Waals surface area contributed by atoms with E-state index in [1.54, 1.807) is 18.2 Å². The van der Waals surface area contributed by atoms with Gasteiger partial charge in [-0.05, 0) is 48.6 Å². The van der Waals surface area contributed by atoms with Crippen molar-refractivity contribution in [3.8, 4) is 0 Å². The lowest BCUT2D eigenvalue weighted by atomic mass is 9.65. The molecule has 0 aliphatic heterocycles. The van der Waals surface area contributed by atoms with Crippen LogP contribution in [0.15, 0.2) is 18.2 Å². The van der Waals surface area contributed by atoms with E-state index in [1.165, 1.54) is 0 Å². The Balaban J connectivity index is 2.04. The molecular weight excluding hydrogens is 287 g/mol. The summed E-state index contributed by atoms with van der Waals surface area (Å²) in [5.41, 5.74) is 0.0623. The van der Waals surface area contributed by atoms with E-state index in [0.717, 1.165) is 32.1 Å². The zero-order chi connectivity index (χ0) is 15.7. The number of rotatable bonds is 4. The summed E-state index contributed by atoms with van der Waals surface area (Å²) in [5.74, 6) is 0.260. The molecular formula is C18H26ClFO. The molecule has 0 heterocycles. The summed E-state index contributed by atoms with van der Waals surface area (Å²) in [6.45, 7) is 6.83. The van der Waals surface area contributed by atoms with Crippen molar-refractivity contribution < 1.29 is 9.50 Å². The zero-order valence-electron chi connectivity index (χ0n) is 13.3. The van der Waals surface area contributed by atoms with Gasteiger partial charge in [0.05, 0.1) is 10.6 Å². The number of aliphatic hydroxyl groups is 1. The molecule has 1 saturated carbocycles. The molecule has 21 heavy (non-hydrogen) atoms. The molecule has 1 aliphatic carbocycles.